The van der Waals surface area contributed by atoms with Gasteiger partial charge in [0, 0.05) is 43.2 Å². The largest absolute Gasteiger partial charge is 0.378 e. The number of hydrogen-bond acceptors (Lipinski definition) is 3. The molecule has 0 radical (unpaired) electrons. The van der Waals surface area contributed by atoms with Crippen LogP contribution in [0.5, 0.6) is 0 Å². The van der Waals surface area contributed by atoms with Gasteiger partial charge < -0.3 is 10.2 Å². The highest BCUT2D eigenvalue weighted by Gasteiger charge is 2.41. The molecule has 3 rings (SSSR count). The van der Waals surface area contributed by atoms with Crippen LogP contribution in [0.2, 0.25) is 0 Å². The summed E-state index contributed by atoms with van der Waals surface area (Å²) in [5.41, 5.74) is 0.858. The first-order valence-corrected chi connectivity index (χ1v) is 8.27. The van der Waals surface area contributed by atoms with Crippen molar-refractivity contribution in [3.8, 4) is 0 Å². The zero-order chi connectivity index (χ0) is 17.0. The monoisotopic (exact) mass is 320 g/mol. The molecule has 126 valence electrons. The van der Waals surface area contributed by atoms with E-state index < -0.39 is 0 Å². The third kappa shape index (κ3) is 3.89. The van der Waals surface area contributed by atoms with Crippen molar-refractivity contribution in [2.75, 3.05) is 18.4 Å². The second-order valence-corrected chi connectivity index (χ2v) is 6.41. The lowest BCUT2D eigenvalue weighted by Crippen LogP contribution is -2.53. The van der Waals surface area contributed by atoms with E-state index in [1.54, 1.807) is 17.9 Å². The second-order valence-electron chi connectivity index (χ2n) is 6.41. The minimum Gasteiger partial charge on any atom is -0.378 e. The van der Waals surface area contributed by atoms with Gasteiger partial charge in [0.05, 0.1) is 0 Å². The summed E-state index contributed by atoms with van der Waals surface area (Å²) in [4.78, 5) is 25.4. The summed E-state index contributed by atoms with van der Waals surface area (Å²) < 4.78 is 13.2. The number of likely N-dealkylation sites (tertiary alicyclic amines) is 1. The molecular weight excluding hydrogens is 295 g/mol. The fourth-order valence-electron chi connectivity index (χ4n) is 3.14. The summed E-state index contributed by atoms with van der Waals surface area (Å²) >= 11 is 0. The van der Waals surface area contributed by atoms with E-state index >= 15 is 0 Å². The van der Waals surface area contributed by atoms with Gasteiger partial charge in [-0.1, -0.05) is 20.3 Å². The van der Waals surface area contributed by atoms with Crippen LogP contribution in [0.15, 0.2) is 18.2 Å². The summed E-state index contributed by atoms with van der Waals surface area (Å²) in [5, 5.41) is 3.40. The van der Waals surface area contributed by atoms with Gasteiger partial charge in [-0.2, -0.15) is 0 Å². The number of anilines is 1. The van der Waals surface area contributed by atoms with Crippen molar-refractivity contribution in [3.63, 3.8) is 0 Å². The molecule has 1 aromatic rings. The summed E-state index contributed by atoms with van der Waals surface area (Å²) in [6.45, 7) is 7.13. The highest BCUT2D eigenvalue weighted by atomic mass is 19.1. The minimum atomic E-state index is -0.388. The number of nitrogens with zero attached hydrogens (tertiary/aromatic N) is 1. The van der Waals surface area contributed by atoms with Gasteiger partial charge in [0.2, 0.25) is 5.91 Å². The zero-order valence-electron chi connectivity index (χ0n) is 14.1. The molecule has 0 aliphatic carbocycles. The number of nitrogens with one attached hydrogen (secondary N) is 1. The smallest absolute Gasteiger partial charge is 0.219 e. The molecule has 1 saturated heterocycles. The molecule has 0 bridgehead atoms. The molecule has 1 N–H and O–H groups in total. The SMILES string of the molecule is CC(=O)N1CCC2(CC1)CC(=O)c1cc(F)ccc1N2.CCC. The van der Waals surface area contributed by atoms with Crippen molar-refractivity contribution in [2.45, 2.75) is 52.0 Å². The van der Waals surface area contributed by atoms with Gasteiger partial charge in [-0.05, 0) is 31.0 Å². The van der Waals surface area contributed by atoms with E-state index in [0.29, 0.717) is 30.8 Å². The number of Topliss-reactive ketones (excluding diaryl/α,β-unsaturated/α-hetero) is 1. The number of ketones is 1. The van der Waals surface area contributed by atoms with Crippen molar-refractivity contribution in [3.05, 3.63) is 29.6 Å². The number of halogens is 1. The number of piperidine rings is 1. The molecule has 0 unspecified atom stereocenters. The standard InChI is InChI=1S/C15H17FN2O2.C3H8/c1-10(19)18-6-4-15(5-7-18)9-14(20)12-8-11(16)2-3-13(12)17-15;1-3-2/h2-3,8,17H,4-7,9H2,1H3;3H2,1-2H3. The van der Waals surface area contributed by atoms with Gasteiger partial charge >= 0.3 is 0 Å². The Kier molecular flexibility index (Phi) is 5.39. The number of hydrogen-bond donors (Lipinski definition) is 1. The first kappa shape index (κ1) is 17.4. The lowest BCUT2D eigenvalue weighted by molar-refractivity contribution is -0.130. The molecule has 0 aromatic heterocycles. The number of fused-ring (bicyclic) bond motifs is 1. The highest BCUT2D eigenvalue weighted by Crippen LogP contribution is 2.37. The Morgan fingerprint density at radius 2 is 1.91 bits per heavy atom. The van der Waals surface area contributed by atoms with Crippen molar-refractivity contribution in [1.82, 2.24) is 4.90 Å². The van der Waals surface area contributed by atoms with Crippen molar-refractivity contribution in [2.24, 2.45) is 0 Å². The van der Waals surface area contributed by atoms with E-state index in [9.17, 15) is 14.0 Å². The average Bonchev–Trinajstić information content (AvgIpc) is 2.49. The number of benzene rings is 1. The highest BCUT2D eigenvalue weighted by molar-refractivity contribution is 6.04. The van der Waals surface area contributed by atoms with Crippen LogP contribution >= 0.6 is 0 Å². The van der Waals surface area contributed by atoms with Crippen LogP contribution in [-0.4, -0.2) is 35.2 Å². The maximum absolute atomic E-state index is 13.2. The molecule has 0 saturated carbocycles. The van der Waals surface area contributed by atoms with Crippen LogP contribution in [0.3, 0.4) is 0 Å². The first-order chi connectivity index (χ1) is 10.9. The summed E-state index contributed by atoms with van der Waals surface area (Å²) in [6, 6.07) is 4.28. The van der Waals surface area contributed by atoms with Crippen LogP contribution in [0.25, 0.3) is 0 Å². The number of carbonyl (C=O) groups excluding carboxylic acids is 2. The van der Waals surface area contributed by atoms with Gasteiger partial charge in [-0.3, -0.25) is 9.59 Å². The van der Waals surface area contributed by atoms with Gasteiger partial charge in [-0.15, -0.1) is 0 Å². The van der Waals surface area contributed by atoms with E-state index in [4.69, 9.17) is 0 Å². The Bertz CT molecular complexity index is 593. The molecule has 2 aliphatic heterocycles. The molecule has 1 spiro atoms. The van der Waals surface area contributed by atoms with Gasteiger partial charge in [0.25, 0.3) is 0 Å². The van der Waals surface area contributed by atoms with Crippen molar-refractivity contribution in [1.29, 1.82) is 0 Å². The number of amides is 1. The van der Waals surface area contributed by atoms with E-state index in [1.165, 1.54) is 18.6 Å². The Hall–Kier alpha value is -1.91. The molecule has 2 aliphatic rings. The molecule has 1 fully saturated rings. The lowest BCUT2D eigenvalue weighted by atomic mass is 9.78. The fourth-order valence-corrected chi connectivity index (χ4v) is 3.14. The van der Waals surface area contributed by atoms with Gasteiger partial charge in [0.1, 0.15) is 5.82 Å². The van der Waals surface area contributed by atoms with E-state index in [0.717, 1.165) is 12.8 Å². The Labute approximate surface area is 137 Å². The third-order valence-electron chi connectivity index (χ3n) is 4.35. The van der Waals surface area contributed by atoms with E-state index in [1.807, 2.05) is 0 Å². The summed E-state index contributed by atoms with van der Waals surface area (Å²) in [7, 11) is 0. The number of rotatable bonds is 0. The van der Waals surface area contributed by atoms with Crippen molar-refractivity contribution >= 4 is 17.4 Å². The van der Waals surface area contributed by atoms with Crippen LogP contribution in [0.1, 0.15) is 56.8 Å². The molecule has 2 heterocycles. The average molecular weight is 320 g/mol. The van der Waals surface area contributed by atoms with Crippen LogP contribution < -0.4 is 5.32 Å². The third-order valence-corrected chi connectivity index (χ3v) is 4.35. The first-order valence-electron chi connectivity index (χ1n) is 8.27. The minimum absolute atomic E-state index is 0.0190. The molecular formula is C18H25FN2O2. The maximum Gasteiger partial charge on any atom is 0.219 e. The predicted octanol–water partition coefficient (Wildman–Crippen LogP) is 3.62. The van der Waals surface area contributed by atoms with E-state index in [2.05, 4.69) is 19.2 Å². The Morgan fingerprint density at radius 1 is 1.30 bits per heavy atom. The van der Waals surface area contributed by atoms with Gasteiger partial charge in [0.15, 0.2) is 5.78 Å². The second kappa shape index (κ2) is 7.11. The van der Waals surface area contributed by atoms with Gasteiger partial charge in [-0.25, -0.2) is 4.39 Å². The topological polar surface area (TPSA) is 49.4 Å². The molecule has 4 nitrogen and oxygen atoms in total. The summed E-state index contributed by atoms with van der Waals surface area (Å²) in [6.07, 6.45) is 3.11. The maximum atomic E-state index is 13.2. The zero-order valence-corrected chi connectivity index (χ0v) is 14.1. The number of carbonyl (C=O) groups is 2. The quantitative estimate of drug-likeness (QED) is 0.794. The van der Waals surface area contributed by atoms with Crippen LogP contribution in [0.4, 0.5) is 10.1 Å². The lowest BCUT2D eigenvalue weighted by Gasteiger charge is -2.45. The van der Waals surface area contributed by atoms with E-state index in [-0.39, 0.29) is 23.0 Å². The Morgan fingerprint density at radius 3 is 2.48 bits per heavy atom. The molecule has 0 atom stereocenters. The van der Waals surface area contributed by atoms with Crippen LogP contribution in [-0.2, 0) is 4.79 Å². The normalized spacial score (nSPS) is 18.6. The van der Waals surface area contributed by atoms with Crippen LogP contribution in [0, 0.1) is 5.82 Å². The molecule has 5 heteroatoms. The molecule has 1 aromatic carbocycles. The summed E-state index contributed by atoms with van der Waals surface area (Å²) in [5.74, 6) is -0.333. The predicted molar refractivity (Wildman–Crippen MR) is 89.2 cm³/mol. The molecule has 23 heavy (non-hydrogen) atoms. The Balaban J connectivity index is 0.000000595. The molecule has 1 amide bonds. The van der Waals surface area contributed by atoms with Crippen molar-refractivity contribution < 1.29 is 14.0 Å². The fraction of sp³-hybridized carbons (Fsp3) is 0.556.